The molecular weight excluding hydrogens is 338 g/mol. The fraction of sp³-hybridized carbons (Fsp3) is 0.381. The topological polar surface area (TPSA) is 56.0 Å². The normalized spacial score (nSPS) is 13.7. The highest BCUT2D eigenvalue weighted by molar-refractivity contribution is 5.94. The molecular formula is C21H25N5O. The zero-order valence-electron chi connectivity index (χ0n) is 16.1. The van der Waals surface area contributed by atoms with Crippen molar-refractivity contribution in [2.24, 2.45) is 7.05 Å². The Kier molecular flexibility index (Phi) is 4.56. The van der Waals surface area contributed by atoms with Crippen LogP contribution in [-0.2, 0) is 20.1 Å². The number of aryl methyl sites for hydroxylation is 3. The minimum Gasteiger partial charge on any atom is -0.337 e. The Bertz CT molecular complexity index is 949. The lowest BCUT2D eigenvalue weighted by Gasteiger charge is -2.22. The molecule has 0 spiro atoms. The summed E-state index contributed by atoms with van der Waals surface area (Å²) in [4.78, 5) is 19.4. The fourth-order valence-electron chi connectivity index (χ4n) is 3.38. The van der Waals surface area contributed by atoms with Gasteiger partial charge in [0.25, 0.3) is 5.91 Å². The molecule has 0 unspecified atom stereocenters. The van der Waals surface area contributed by atoms with Crippen molar-refractivity contribution in [3.05, 3.63) is 71.1 Å². The van der Waals surface area contributed by atoms with E-state index in [0.717, 1.165) is 41.2 Å². The van der Waals surface area contributed by atoms with Crippen LogP contribution in [0.1, 0.15) is 46.0 Å². The monoisotopic (exact) mass is 363 g/mol. The first-order chi connectivity index (χ1) is 13.0. The second-order valence-corrected chi connectivity index (χ2v) is 7.40. The summed E-state index contributed by atoms with van der Waals surface area (Å²) in [5.74, 6) is 0.995. The number of benzene rings is 1. The number of hydrogen-bond acceptors (Lipinski definition) is 3. The van der Waals surface area contributed by atoms with Crippen LogP contribution in [0.3, 0.4) is 0 Å². The standard InChI is InChI=1S/C21H25N5O/c1-15-12-16(2)26(23-15)13-17-4-6-18(7-5-17)21(27)25(19-8-9-19)14-20-22-10-11-24(20)3/h4-7,10-12,19H,8-9,13-14H2,1-3H3. The SMILES string of the molecule is Cc1cc(C)n(Cc2ccc(C(=O)N(Cc3nccn3C)C3CC3)cc2)n1. The third kappa shape index (κ3) is 3.79. The molecule has 0 N–H and O–H groups in total. The lowest BCUT2D eigenvalue weighted by Crippen LogP contribution is -2.33. The van der Waals surface area contributed by atoms with E-state index in [2.05, 4.69) is 23.1 Å². The first-order valence-corrected chi connectivity index (χ1v) is 9.38. The summed E-state index contributed by atoms with van der Waals surface area (Å²) in [5, 5.41) is 4.50. The zero-order valence-corrected chi connectivity index (χ0v) is 16.1. The zero-order chi connectivity index (χ0) is 19.0. The average molecular weight is 363 g/mol. The van der Waals surface area contributed by atoms with Crippen LogP contribution >= 0.6 is 0 Å². The molecule has 0 atom stereocenters. The van der Waals surface area contributed by atoms with Crippen molar-refractivity contribution in [1.82, 2.24) is 24.2 Å². The Morgan fingerprint density at radius 1 is 1.22 bits per heavy atom. The van der Waals surface area contributed by atoms with E-state index in [-0.39, 0.29) is 5.91 Å². The minimum absolute atomic E-state index is 0.0816. The Hall–Kier alpha value is -2.89. The van der Waals surface area contributed by atoms with Gasteiger partial charge in [-0.05, 0) is 50.5 Å². The van der Waals surface area contributed by atoms with Crippen LogP contribution < -0.4 is 0 Å². The summed E-state index contributed by atoms with van der Waals surface area (Å²) < 4.78 is 3.96. The third-order valence-electron chi connectivity index (χ3n) is 5.12. The maximum absolute atomic E-state index is 13.1. The fourth-order valence-corrected chi connectivity index (χ4v) is 3.38. The van der Waals surface area contributed by atoms with E-state index in [4.69, 9.17) is 0 Å². The van der Waals surface area contributed by atoms with Crippen LogP contribution in [0.15, 0.2) is 42.7 Å². The van der Waals surface area contributed by atoms with Gasteiger partial charge in [0.2, 0.25) is 0 Å². The van der Waals surface area contributed by atoms with Crippen molar-refractivity contribution in [3.63, 3.8) is 0 Å². The molecule has 27 heavy (non-hydrogen) atoms. The van der Waals surface area contributed by atoms with Gasteiger partial charge in [-0.3, -0.25) is 9.48 Å². The summed E-state index contributed by atoms with van der Waals surface area (Å²) in [7, 11) is 1.96. The van der Waals surface area contributed by atoms with E-state index >= 15 is 0 Å². The molecule has 0 bridgehead atoms. The van der Waals surface area contributed by atoms with Crippen LogP contribution in [-0.4, -0.2) is 36.2 Å². The van der Waals surface area contributed by atoms with Crippen LogP contribution in [0.25, 0.3) is 0 Å². The van der Waals surface area contributed by atoms with E-state index in [1.54, 1.807) is 6.20 Å². The first kappa shape index (κ1) is 17.5. The predicted molar refractivity (Wildman–Crippen MR) is 103 cm³/mol. The molecule has 1 fully saturated rings. The van der Waals surface area contributed by atoms with E-state index in [9.17, 15) is 4.79 Å². The molecule has 6 nitrogen and oxygen atoms in total. The van der Waals surface area contributed by atoms with Gasteiger partial charge in [0.1, 0.15) is 5.82 Å². The summed E-state index contributed by atoms with van der Waals surface area (Å²) in [6.45, 7) is 5.33. The quantitative estimate of drug-likeness (QED) is 0.676. The molecule has 4 rings (SSSR count). The second kappa shape index (κ2) is 7.02. The molecule has 2 aromatic heterocycles. The second-order valence-electron chi connectivity index (χ2n) is 7.40. The van der Waals surface area contributed by atoms with Crippen molar-refractivity contribution in [3.8, 4) is 0 Å². The Labute approximate surface area is 159 Å². The molecule has 1 aromatic carbocycles. The maximum atomic E-state index is 13.1. The number of imidazole rings is 1. The Morgan fingerprint density at radius 2 is 1.96 bits per heavy atom. The molecule has 0 saturated heterocycles. The average Bonchev–Trinajstić information content (AvgIpc) is 3.33. The van der Waals surface area contributed by atoms with Crippen LogP contribution in [0, 0.1) is 13.8 Å². The molecule has 2 heterocycles. The van der Waals surface area contributed by atoms with Gasteiger partial charge in [-0.2, -0.15) is 5.10 Å². The first-order valence-electron chi connectivity index (χ1n) is 9.38. The summed E-state index contributed by atoms with van der Waals surface area (Å²) in [6, 6.07) is 10.3. The number of hydrogen-bond donors (Lipinski definition) is 0. The van der Waals surface area contributed by atoms with Crippen molar-refractivity contribution < 1.29 is 4.79 Å². The van der Waals surface area contributed by atoms with E-state index in [1.165, 1.54) is 0 Å². The van der Waals surface area contributed by atoms with Gasteiger partial charge >= 0.3 is 0 Å². The lowest BCUT2D eigenvalue weighted by molar-refractivity contribution is 0.0724. The van der Waals surface area contributed by atoms with E-state index in [0.29, 0.717) is 19.1 Å². The highest BCUT2D eigenvalue weighted by Gasteiger charge is 2.33. The minimum atomic E-state index is 0.0816. The molecule has 3 aromatic rings. The van der Waals surface area contributed by atoms with Gasteiger partial charge in [-0.25, -0.2) is 4.98 Å². The number of aromatic nitrogens is 4. The molecule has 140 valence electrons. The molecule has 1 aliphatic rings. The third-order valence-corrected chi connectivity index (χ3v) is 5.12. The highest BCUT2D eigenvalue weighted by atomic mass is 16.2. The van der Waals surface area contributed by atoms with Gasteiger partial charge in [-0.1, -0.05) is 12.1 Å². The predicted octanol–water partition coefficient (Wildman–Crippen LogP) is 3.09. The van der Waals surface area contributed by atoms with Crippen LogP contribution in [0.4, 0.5) is 0 Å². The number of carbonyl (C=O) groups is 1. The Morgan fingerprint density at radius 3 is 2.52 bits per heavy atom. The molecule has 1 saturated carbocycles. The molecule has 6 heteroatoms. The summed E-state index contributed by atoms with van der Waals surface area (Å²) in [6.07, 6.45) is 5.84. The maximum Gasteiger partial charge on any atom is 0.254 e. The molecule has 1 aliphatic carbocycles. The molecule has 0 aliphatic heterocycles. The smallest absolute Gasteiger partial charge is 0.254 e. The van der Waals surface area contributed by atoms with Crippen molar-refractivity contribution in [2.75, 3.05) is 0 Å². The highest BCUT2D eigenvalue weighted by Crippen LogP contribution is 2.29. The van der Waals surface area contributed by atoms with Gasteiger partial charge in [0, 0.05) is 36.7 Å². The molecule has 0 radical (unpaired) electrons. The van der Waals surface area contributed by atoms with Crippen LogP contribution in [0.5, 0.6) is 0 Å². The van der Waals surface area contributed by atoms with Crippen molar-refractivity contribution in [2.45, 2.75) is 45.8 Å². The lowest BCUT2D eigenvalue weighted by atomic mass is 10.1. The van der Waals surface area contributed by atoms with E-state index < -0.39 is 0 Å². The van der Waals surface area contributed by atoms with Gasteiger partial charge in [-0.15, -0.1) is 0 Å². The van der Waals surface area contributed by atoms with Gasteiger partial charge in [0.15, 0.2) is 0 Å². The number of nitrogens with zero attached hydrogens (tertiary/aromatic N) is 5. The number of rotatable bonds is 6. The summed E-state index contributed by atoms with van der Waals surface area (Å²) >= 11 is 0. The van der Waals surface area contributed by atoms with E-state index in [1.807, 2.05) is 58.6 Å². The van der Waals surface area contributed by atoms with Crippen molar-refractivity contribution >= 4 is 5.91 Å². The van der Waals surface area contributed by atoms with Crippen molar-refractivity contribution in [1.29, 1.82) is 0 Å². The Balaban J connectivity index is 1.49. The molecule has 1 amide bonds. The number of amides is 1. The van der Waals surface area contributed by atoms with Crippen LogP contribution in [0.2, 0.25) is 0 Å². The number of carbonyl (C=O) groups excluding carboxylic acids is 1. The van der Waals surface area contributed by atoms with Gasteiger partial charge < -0.3 is 9.47 Å². The summed E-state index contributed by atoms with van der Waals surface area (Å²) in [5.41, 5.74) is 4.03. The largest absolute Gasteiger partial charge is 0.337 e. The van der Waals surface area contributed by atoms with Gasteiger partial charge in [0.05, 0.1) is 18.8 Å².